The summed E-state index contributed by atoms with van der Waals surface area (Å²) in [5.41, 5.74) is 5.17. The maximum absolute atomic E-state index is 5.06. The number of aromatic nitrogens is 2. The fourth-order valence-electron chi connectivity index (χ4n) is 3.93. The van der Waals surface area contributed by atoms with Gasteiger partial charge >= 0.3 is 0 Å². The maximum atomic E-state index is 5.06. The summed E-state index contributed by atoms with van der Waals surface area (Å²) in [6.45, 7) is 11.6. The lowest BCUT2D eigenvalue weighted by molar-refractivity contribution is 0.128. The van der Waals surface area contributed by atoms with Crippen LogP contribution in [0.15, 0.2) is 30.3 Å². The number of para-hydroxylation sites is 1. The highest BCUT2D eigenvalue weighted by molar-refractivity contribution is 5.57. The first-order valence-electron chi connectivity index (χ1n) is 8.97. The molecule has 1 aromatic carbocycles. The molecule has 0 N–H and O–H groups in total. The third-order valence-corrected chi connectivity index (χ3v) is 6.45. The van der Waals surface area contributed by atoms with Crippen LogP contribution >= 0.6 is 0 Å². The molecule has 0 radical (unpaired) electrons. The highest BCUT2D eigenvalue weighted by atomic mass is 15.2. The molecular weight excluding hydrogens is 294 g/mol. The van der Waals surface area contributed by atoms with Crippen molar-refractivity contribution < 1.29 is 0 Å². The summed E-state index contributed by atoms with van der Waals surface area (Å²) in [6.07, 6.45) is 3.47. The summed E-state index contributed by atoms with van der Waals surface area (Å²) in [7, 11) is 2.05. The van der Waals surface area contributed by atoms with Crippen LogP contribution in [-0.4, -0.2) is 17.0 Å². The zero-order chi connectivity index (χ0) is 17.5. The van der Waals surface area contributed by atoms with Gasteiger partial charge in [-0.25, -0.2) is 9.97 Å². The van der Waals surface area contributed by atoms with Crippen molar-refractivity contribution in [2.75, 3.05) is 11.9 Å². The molecule has 0 spiro atoms. The summed E-state index contributed by atoms with van der Waals surface area (Å²) in [4.78, 5) is 12.0. The molecule has 3 nitrogen and oxygen atoms in total. The number of aryl methyl sites for hydroxylation is 1. The van der Waals surface area contributed by atoms with E-state index in [0.717, 1.165) is 23.8 Å². The van der Waals surface area contributed by atoms with Gasteiger partial charge in [-0.05, 0) is 49.3 Å². The van der Waals surface area contributed by atoms with Crippen LogP contribution in [0.4, 0.5) is 11.6 Å². The number of fused-ring (bicyclic) bond motifs is 1. The maximum Gasteiger partial charge on any atom is 0.230 e. The highest BCUT2D eigenvalue weighted by Gasteiger charge is 2.46. The van der Waals surface area contributed by atoms with Crippen molar-refractivity contribution in [2.24, 2.45) is 5.41 Å². The predicted octanol–water partition coefficient (Wildman–Crippen LogP) is 5.19. The van der Waals surface area contributed by atoms with E-state index in [1.165, 1.54) is 24.1 Å². The Hall–Kier alpha value is -1.90. The molecule has 1 unspecified atom stereocenters. The molecule has 0 bridgehead atoms. The Balaban J connectivity index is 2.11. The molecule has 1 aromatic heterocycles. The van der Waals surface area contributed by atoms with E-state index < -0.39 is 0 Å². The third kappa shape index (κ3) is 2.51. The molecule has 0 saturated heterocycles. The van der Waals surface area contributed by atoms with Crippen LogP contribution in [0.25, 0.3) is 0 Å². The minimum Gasteiger partial charge on any atom is -0.314 e. The van der Waals surface area contributed by atoms with E-state index in [1.807, 2.05) is 13.1 Å². The predicted molar refractivity (Wildman–Crippen MR) is 101 cm³/mol. The molecule has 24 heavy (non-hydrogen) atoms. The van der Waals surface area contributed by atoms with Gasteiger partial charge in [0.05, 0.1) is 5.69 Å². The Morgan fingerprint density at radius 2 is 1.75 bits per heavy atom. The highest BCUT2D eigenvalue weighted by Crippen LogP contribution is 2.51. The van der Waals surface area contributed by atoms with Gasteiger partial charge in [0.1, 0.15) is 0 Å². The number of hydrogen-bond donors (Lipinski definition) is 0. The van der Waals surface area contributed by atoms with E-state index in [0.29, 0.717) is 0 Å². The van der Waals surface area contributed by atoms with E-state index in [2.05, 4.69) is 63.8 Å². The molecule has 128 valence electrons. The van der Waals surface area contributed by atoms with Crippen LogP contribution in [-0.2, 0) is 11.8 Å². The van der Waals surface area contributed by atoms with Gasteiger partial charge in [-0.1, -0.05) is 45.9 Å². The summed E-state index contributed by atoms with van der Waals surface area (Å²) in [6, 6.07) is 10.3. The number of hydrogen-bond acceptors (Lipinski definition) is 3. The van der Waals surface area contributed by atoms with Crippen LogP contribution in [0, 0.1) is 12.3 Å². The van der Waals surface area contributed by atoms with Gasteiger partial charge in [0.2, 0.25) is 5.95 Å². The van der Waals surface area contributed by atoms with Crippen molar-refractivity contribution in [1.82, 2.24) is 9.97 Å². The van der Waals surface area contributed by atoms with Gasteiger partial charge in [0.15, 0.2) is 0 Å². The van der Waals surface area contributed by atoms with E-state index in [9.17, 15) is 0 Å². The van der Waals surface area contributed by atoms with E-state index in [1.54, 1.807) is 0 Å². The number of rotatable bonds is 3. The number of nitrogens with zero attached hydrogens (tertiary/aromatic N) is 3. The Kier molecular flexibility index (Phi) is 4.15. The van der Waals surface area contributed by atoms with E-state index >= 15 is 0 Å². The molecule has 1 atom stereocenters. The van der Waals surface area contributed by atoms with Crippen molar-refractivity contribution in [1.29, 1.82) is 0 Å². The molecule has 1 heterocycles. The van der Waals surface area contributed by atoms with Gasteiger partial charge in [-0.3, -0.25) is 0 Å². The third-order valence-electron chi connectivity index (χ3n) is 6.45. The van der Waals surface area contributed by atoms with Gasteiger partial charge < -0.3 is 4.90 Å². The smallest absolute Gasteiger partial charge is 0.230 e. The number of benzene rings is 1. The Bertz CT molecular complexity index is 736. The van der Waals surface area contributed by atoms with E-state index in [-0.39, 0.29) is 10.8 Å². The molecule has 3 heteroatoms. The molecule has 3 rings (SSSR count). The Morgan fingerprint density at radius 3 is 2.38 bits per heavy atom. The van der Waals surface area contributed by atoms with Gasteiger partial charge in [0.25, 0.3) is 0 Å². The second-order valence-electron chi connectivity index (χ2n) is 7.87. The lowest BCUT2D eigenvalue weighted by Gasteiger charge is -2.48. The minimum absolute atomic E-state index is 0.0509. The lowest BCUT2D eigenvalue weighted by Crippen LogP contribution is -2.44. The summed E-state index contributed by atoms with van der Waals surface area (Å²) in [5.74, 6) is 0.797. The normalized spacial score (nSPS) is 22.1. The van der Waals surface area contributed by atoms with Crippen molar-refractivity contribution in [3.05, 3.63) is 47.3 Å². The van der Waals surface area contributed by atoms with Crippen molar-refractivity contribution in [3.8, 4) is 0 Å². The molecule has 1 aliphatic rings. The van der Waals surface area contributed by atoms with Gasteiger partial charge in [-0.2, -0.15) is 0 Å². The second-order valence-corrected chi connectivity index (χ2v) is 7.87. The standard InChI is InChI=1S/C21H29N3/c1-7-21(5)14-13-17-15(2)22-19(23-18(17)20(21,3)4)24(6)16-11-9-8-10-12-16/h8-12H,7,13-14H2,1-6H3. The van der Waals surface area contributed by atoms with Crippen molar-refractivity contribution in [2.45, 2.75) is 59.3 Å². The topological polar surface area (TPSA) is 29.0 Å². The number of anilines is 2. The molecule has 1 aliphatic carbocycles. The van der Waals surface area contributed by atoms with Crippen LogP contribution in [0.3, 0.4) is 0 Å². The first-order valence-corrected chi connectivity index (χ1v) is 8.97. The van der Waals surface area contributed by atoms with E-state index in [4.69, 9.17) is 9.97 Å². The average molecular weight is 323 g/mol. The van der Waals surface area contributed by atoms with Crippen LogP contribution in [0.2, 0.25) is 0 Å². The quantitative estimate of drug-likeness (QED) is 0.778. The first-order chi connectivity index (χ1) is 11.3. The molecule has 2 aromatic rings. The van der Waals surface area contributed by atoms with Crippen LogP contribution in [0.1, 0.15) is 57.5 Å². The Labute approximate surface area is 146 Å². The molecule has 0 aliphatic heterocycles. The SMILES string of the molecule is CCC1(C)CCc2c(C)nc(N(C)c3ccccc3)nc2C1(C)C. The lowest BCUT2D eigenvalue weighted by atomic mass is 9.57. The molecule has 0 amide bonds. The van der Waals surface area contributed by atoms with Gasteiger partial charge in [-0.15, -0.1) is 0 Å². The summed E-state index contributed by atoms with van der Waals surface area (Å²) >= 11 is 0. The fraction of sp³-hybridized carbons (Fsp3) is 0.524. The largest absolute Gasteiger partial charge is 0.314 e. The summed E-state index contributed by atoms with van der Waals surface area (Å²) < 4.78 is 0. The molecule has 0 saturated carbocycles. The molecule has 0 fully saturated rings. The Morgan fingerprint density at radius 1 is 1.08 bits per heavy atom. The van der Waals surface area contributed by atoms with Gasteiger partial charge in [0, 0.05) is 23.8 Å². The fourth-order valence-corrected chi connectivity index (χ4v) is 3.93. The van der Waals surface area contributed by atoms with Crippen molar-refractivity contribution >= 4 is 11.6 Å². The zero-order valence-electron chi connectivity index (χ0n) is 15.8. The van der Waals surface area contributed by atoms with Crippen LogP contribution in [0.5, 0.6) is 0 Å². The monoisotopic (exact) mass is 323 g/mol. The zero-order valence-corrected chi connectivity index (χ0v) is 15.8. The average Bonchev–Trinajstić information content (AvgIpc) is 2.58. The minimum atomic E-state index is 0.0509. The van der Waals surface area contributed by atoms with Crippen molar-refractivity contribution in [3.63, 3.8) is 0 Å². The van der Waals surface area contributed by atoms with Crippen LogP contribution < -0.4 is 4.90 Å². The molecular formula is C21H29N3. The summed E-state index contributed by atoms with van der Waals surface area (Å²) in [5, 5.41) is 0. The second kappa shape index (κ2) is 5.87. The first kappa shape index (κ1) is 16.9.